The number of nitrogens with zero attached hydrogens (tertiary/aromatic N) is 3. The van der Waals surface area contributed by atoms with Gasteiger partial charge in [0.25, 0.3) is 10.0 Å². The van der Waals surface area contributed by atoms with Crippen molar-refractivity contribution < 1.29 is 22.7 Å². The third kappa shape index (κ3) is 4.16. The summed E-state index contributed by atoms with van der Waals surface area (Å²) in [5.74, 6) is -0.762. The van der Waals surface area contributed by atoms with Gasteiger partial charge in [-0.3, -0.25) is 4.79 Å². The van der Waals surface area contributed by atoms with Crippen molar-refractivity contribution in [2.24, 2.45) is 7.05 Å². The predicted octanol–water partition coefficient (Wildman–Crippen LogP) is -0.797. The first kappa shape index (κ1) is 17.4. The molecule has 0 saturated carbocycles. The van der Waals surface area contributed by atoms with Crippen LogP contribution in [0.25, 0.3) is 0 Å². The minimum atomic E-state index is -3.98. The summed E-state index contributed by atoms with van der Waals surface area (Å²) in [7, 11) is -1.03. The molecule has 0 aromatic carbocycles. The fraction of sp³-hybridized carbons (Fsp3) is 0.636. The van der Waals surface area contributed by atoms with Crippen LogP contribution in [0, 0.1) is 0 Å². The number of hydrogen-bond donors (Lipinski definition) is 1. The quantitative estimate of drug-likeness (QED) is 0.623. The van der Waals surface area contributed by atoms with E-state index in [2.05, 4.69) is 4.98 Å². The molecule has 0 spiro atoms. The number of carbonyl (C=O) groups is 1. The Morgan fingerprint density at radius 2 is 2.19 bits per heavy atom. The fourth-order valence-electron chi connectivity index (χ4n) is 1.70. The summed E-state index contributed by atoms with van der Waals surface area (Å²) in [6, 6.07) is 0. The number of carbonyl (C=O) groups excluding carboxylic acids is 1. The van der Waals surface area contributed by atoms with Gasteiger partial charge in [-0.25, -0.2) is 13.4 Å². The highest BCUT2D eigenvalue weighted by molar-refractivity contribution is 7.89. The first-order valence-electron chi connectivity index (χ1n) is 6.26. The molecule has 120 valence electrons. The summed E-state index contributed by atoms with van der Waals surface area (Å²) >= 11 is 0. The standard InChI is InChI=1S/C11H20N4O5S/c1-4-20-9(16)7-15(5-6-19-3)21(17,18)11-10(12)13-8-14(11)2/h8H,4-7,12H2,1-3H3. The number of rotatable bonds is 8. The molecule has 1 aromatic rings. The second kappa shape index (κ2) is 7.38. The van der Waals surface area contributed by atoms with Crippen molar-refractivity contribution in [2.45, 2.75) is 11.9 Å². The summed E-state index contributed by atoms with van der Waals surface area (Å²) in [5.41, 5.74) is 5.60. The molecule has 1 rings (SSSR count). The number of ether oxygens (including phenoxy) is 2. The Morgan fingerprint density at radius 1 is 1.52 bits per heavy atom. The second-order valence-corrected chi connectivity index (χ2v) is 6.04. The van der Waals surface area contributed by atoms with E-state index in [1.165, 1.54) is 25.1 Å². The van der Waals surface area contributed by atoms with Crippen molar-refractivity contribution in [1.29, 1.82) is 0 Å². The van der Waals surface area contributed by atoms with Crippen molar-refractivity contribution >= 4 is 21.8 Å². The van der Waals surface area contributed by atoms with E-state index in [9.17, 15) is 13.2 Å². The van der Waals surface area contributed by atoms with Gasteiger partial charge in [0, 0.05) is 20.7 Å². The van der Waals surface area contributed by atoms with Crippen LogP contribution >= 0.6 is 0 Å². The Bertz CT molecular complexity index is 564. The zero-order chi connectivity index (χ0) is 16.0. The van der Waals surface area contributed by atoms with Gasteiger partial charge in [-0.2, -0.15) is 4.31 Å². The van der Waals surface area contributed by atoms with E-state index in [0.717, 1.165) is 4.31 Å². The number of imidazole rings is 1. The van der Waals surface area contributed by atoms with Gasteiger partial charge in [-0.05, 0) is 6.92 Å². The zero-order valence-corrected chi connectivity index (χ0v) is 13.1. The van der Waals surface area contributed by atoms with Crippen LogP contribution in [0.3, 0.4) is 0 Å². The van der Waals surface area contributed by atoms with E-state index in [1.54, 1.807) is 6.92 Å². The Balaban J connectivity index is 3.08. The van der Waals surface area contributed by atoms with Crippen LogP contribution in [0.5, 0.6) is 0 Å². The number of anilines is 1. The SMILES string of the molecule is CCOC(=O)CN(CCOC)S(=O)(=O)c1c(N)ncn1C. The van der Waals surface area contributed by atoms with Crippen LogP contribution in [0.15, 0.2) is 11.4 Å². The number of esters is 1. The molecule has 10 heteroatoms. The lowest BCUT2D eigenvalue weighted by molar-refractivity contribution is -0.143. The summed E-state index contributed by atoms with van der Waals surface area (Å²) < 4.78 is 37.1. The molecule has 0 radical (unpaired) electrons. The lowest BCUT2D eigenvalue weighted by atomic mass is 10.6. The third-order valence-electron chi connectivity index (χ3n) is 2.65. The normalized spacial score (nSPS) is 11.8. The molecule has 0 saturated heterocycles. The molecule has 0 fully saturated rings. The molecule has 0 unspecified atom stereocenters. The monoisotopic (exact) mass is 320 g/mol. The van der Waals surface area contributed by atoms with Gasteiger partial charge in [-0.1, -0.05) is 0 Å². The van der Waals surface area contributed by atoms with Crippen LogP contribution in [-0.4, -0.2) is 61.7 Å². The number of aryl methyl sites for hydroxylation is 1. The van der Waals surface area contributed by atoms with Crippen LogP contribution in [0.2, 0.25) is 0 Å². The van der Waals surface area contributed by atoms with E-state index in [1.807, 2.05) is 0 Å². The number of hydrogen-bond acceptors (Lipinski definition) is 7. The van der Waals surface area contributed by atoms with Gasteiger partial charge < -0.3 is 19.8 Å². The number of methoxy groups -OCH3 is 1. The van der Waals surface area contributed by atoms with E-state index >= 15 is 0 Å². The van der Waals surface area contributed by atoms with Gasteiger partial charge in [-0.15, -0.1) is 0 Å². The molecule has 0 amide bonds. The van der Waals surface area contributed by atoms with E-state index in [-0.39, 0.29) is 30.6 Å². The number of aromatic nitrogens is 2. The Hall–Kier alpha value is -1.65. The molecule has 1 heterocycles. The Morgan fingerprint density at radius 3 is 2.67 bits per heavy atom. The molecule has 0 aliphatic rings. The van der Waals surface area contributed by atoms with Crippen molar-refractivity contribution in [2.75, 3.05) is 39.1 Å². The van der Waals surface area contributed by atoms with E-state index in [4.69, 9.17) is 15.2 Å². The van der Waals surface area contributed by atoms with Gasteiger partial charge >= 0.3 is 5.97 Å². The van der Waals surface area contributed by atoms with Crippen molar-refractivity contribution in [3.8, 4) is 0 Å². The van der Waals surface area contributed by atoms with E-state index in [0.29, 0.717) is 0 Å². The summed E-state index contributed by atoms with van der Waals surface area (Å²) in [5, 5.41) is -0.164. The Labute approximate surface area is 123 Å². The Kier molecular flexibility index (Phi) is 6.12. The maximum atomic E-state index is 12.6. The predicted molar refractivity (Wildman–Crippen MR) is 74.9 cm³/mol. The van der Waals surface area contributed by atoms with E-state index < -0.39 is 22.5 Å². The van der Waals surface area contributed by atoms with Crippen molar-refractivity contribution in [3.05, 3.63) is 6.33 Å². The van der Waals surface area contributed by atoms with Gasteiger partial charge in [0.2, 0.25) is 0 Å². The summed E-state index contributed by atoms with van der Waals surface area (Å²) in [4.78, 5) is 15.3. The van der Waals surface area contributed by atoms with Crippen LogP contribution in [0.4, 0.5) is 5.82 Å². The largest absolute Gasteiger partial charge is 0.465 e. The molecule has 0 aliphatic heterocycles. The molecular formula is C11H20N4O5S. The molecule has 0 aliphatic carbocycles. The minimum absolute atomic E-state index is 0.00225. The lowest BCUT2D eigenvalue weighted by Crippen LogP contribution is -2.39. The number of nitrogens with two attached hydrogens (primary N) is 1. The molecule has 2 N–H and O–H groups in total. The number of sulfonamides is 1. The summed E-state index contributed by atoms with van der Waals surface area (Å²) in [6.45, 7) is 1.54. The highest BCUT2D eigenvalue weighted by atomic mass is 32.2. The first-order chi connectivity index (χ1) is 9.84. The molecule has 1 aromatic heterocycles. The third-order valence-corrected chi connectivity index (χ3v) is 4.63. The molecule has 0 bridgehead atoms. The molecular weight excluding hydrogens is 300 g/mol. The highest BCUT2D eigenvalue weighted by Gasteiger charge is 2.31. The van der Waals surface area contributed by atoms with Gasteiger partial charge in [0.15, 0.2) is 10.8 Å². The molecule has 0 atom stereocenters. The first-order valence-corrected chi connectivity index (χ1v) is 7.70. The average molecular weight is 320 g/mol. The van der Waals surface area contributed by atoms with Crippen molar-refractivity contribution in [1.82, 2.24) is 13.9 Å². The van der Waals surface area contributed by atoms with Crippen LogP contribution in [0.1, 0.15) is 6.92 Å². The minimum Gasteiger partial charge on any atom is -0.465 e. The fourth-order valence-corrected chi connectivity index (χ4v) is 3.26. The maximum Gasteiger partial charge on any atom is 0.321 e. The highest BCUT2D eigenvalue weighted by Crippen LogP contribution is 2.20. The van der Waals surface area contributed by atoms with Crippen LogP contribution in [-0.2, 0) is 31.3 Å². The lowest BCUT2D eigenvalue weighted by Gasteiger charge is -2.21. The maximum absolute atomic E-state index is 12.6. The summed E-state index contributed by atoms with van der Waals surface area (Å²) in [6.07, 6.45) is 1.29. The van der Waals surface area contributed by atoms with Gasteiger partial charge in [0.05, 0.1) is 19.5 Å². The van der Waals surface area contributed by atoms with Crippen LogP contribution < -0.4 is 5.73 Å². The van der Waals surface area contributed by atoms with Gasteiger partial charge in [0.1, 0.15) is 6.54 Å². The average Bonchev–Trinajstić information content (AvgIpc) is 2.74. The number of nitrogen functional groups attached to an aromatic ring is 1. The topological polar surface area (TPSA) is 117 Å². The zero-order valence-electron chi connectivity index (χ0n) is 12.3. The van der Waals surface area contributed by atoms with Crippen molar-refractivity contribution in [3.63, 3.8) is 0 Å². The molecule has 9 nitrogen and oxygen atoms in total. The molecule has 21 heavy (non-hydrogen) atoms. The second-order valence-electron chi connectivity index (χ2n) is 4.18. The smallest absolute Gasteiger partial charge is 0.321 e.